The standard InChI is InChI=1S/C23H34FN5/c1-6-12-28(16(2)3)23-26-21(19-7-8-20(24)17(4)14-19)15-22(27-23)29-13-11-25-10-9-18(29)5/h7-8,14-16,18,25H,6,9-13H2,1-5H3. The fourth-order valence-corrected chi connectivity index (χ4v) is 3.83. The van der Waals surface area contributed by atoms with Crippen LogP contribution in [0.5, 0.6) is 0 Å². The Labute approximate surface area is 174 Å². The number of nitrogens with zero attached hydrogens (tertiary/aromatic N) is 4. The summed E-state index contributed by atoms with van der Waals surface area (Å²) in [6.07, 6.45) is 2.11. The van der Waals surface area contributed by atoms with Crippen molar-refractivity contribution < 1.29 is 4.39 Å². The van der Waals surface area contributed by atoms with Crippen molar-refractivity contribution in [1.29, 1.82) is 0 Å². The van der Waals surface area contributed by atoms with Crippen LogP contribution in [0.2, 0.25) is 0 Å². The quantitative estimate of drug-likeness (QED) is 0.780. The molecule has 1 aromatic heterocycles. The minimum absolute atomic E-state index is 0.190. The lowest BCUT2D eigenvalue weighted by Gasteiger charge is -2.31. The van der Waals surface area contributed by atoms with Gasteiger partial charge in [0, 0.05) is 43.3 Å². The van der Waals surface area contributed by atoms with E-state index < -0.39 is 0 Å². The van der Waals surface area contributed by atoms with E-state index in [0.717, 1.165) is 62.0 Å². The zero-order valence-electron chi connectivity index (χ0n) is 18.4. The second-order valence-electron chi connectivity index (χ2n) is 8.24. The fraction of sp³-hybridized carbons (Fsp3) is 0.565. The van der Waals surface area contributed by atoms with E-state index in [9.17, 15) is 4.39 Å². The van der Waals surface area contributed by atoms with Crippen LogP contribution in [-0.4, -0.2) is 48.2 Å². The Balaban J connectivity index is 2.11. The summed E-state index contributed by atoms with van der Waals surface area (Å²) in [4.78, 5) is 14.5. The number of nitrogens with one attached hydrogen (secondary N) is 1. The molecule has 0 aliphatic carbocycles. The molecule has 158 valence electrons. The molecular weight excluding hydrogens is 365 g/mol. The molecule has 1 unspecified atom stereocenters. The SMILES string of the molecule is CCCN(c1nc(-c2ccc(F)c(C)c2)cc(N2CCNCCC2C)n1)C(C)C. The van der Waals surface area contributed by atoms with Crippen LogP contribution in [0.3, 0.4) is 0 Å². The van der Waals surface area contributed by atoms with Gasteiger partial charge in [-0.1, -0.05) is 6.92 Å². The number of hydrogen-bond acceptors (Lipinski definition) is 5. The van der Waals surface area contributed by atoms with Gasteiger partial charge in [-0.05, 0) is 70.8 Å². The van der Waals surface area contributed by atoms with Crippen molar-refractivity contribution in [3.8, 4) is 11.3 Å². The van der Waals surface area contributed by atoms with E-state index in [2.05, 4.69) is 48.9 Å². The molecule has 0 saturated carbocycles. The van der Waals surface area contributed by atoms with E-state index >= 15 is 0 Å². The van der Waals surface area contributed by atoms with Gasteiger partial charge in [0.25, 0.3) is 0 Å². The van der Waals surface area contributed by atoms with Gasteiger partial charge in [-0.3, -0.25) is 0 Å². The highest BCUT2D eigenvalue weighted by Gasteiger charge is 2.22. The molecule has 1 N–H and O–H groups in total. The molecule has 1 aliphatic rings. The molecule has 1 aliphatic heterocycles. The Morgan fingerprint density at radius 2 is 2.03 bits per heavy atom. The first kappa shape index (κ1) is 21.5. The third-order valence-corrected chi connectivity index (χ3v) is 5.59. The summed E-state index contributed by atoms with van der Waals surface area (Å²) < 4.78 is 13.8. The van der Waals surface area contributed by atoms with Crippen LogP contribution in [0.1, 0.15) is 46.1 Å². The van der Waals surface area contributed by atoms with Crippen molar-refractivity contribution in [2.75, 3.05) is 36.0 Å². The molecule has 1 fully saturated rings. The van der Waals surface area contributed by atoms with E-state index in [1.54, 1.807) is 6.92 Å². The zero-order valence-corrected chi connectivity index (χ0v) is 18.4. The maximum Gasteiger partial charge on any atom is 0.228 e. The minimum atomic E-state index is -0.190. The number of rotatable bonds is 6. The molecule has 1 atom stereocenters. The highest BCUT2D eigenvalue weighted by Crippen LogP contribution is 2.28. The summed E-state index contributed by atoms with van der Waals surface area (Å²) in [7, 11) is 0. The molecule has 2 heterocycles. The Kier molecular flexibility index (Phi) is 7.06. The molecule has 0 spiro atoms. The predicted octanol–water partition coefficient (Wildman–Crippen LogP) is 4.40. The van der Waals surface area contributed by atoms with Crippen molar-refractivity contribution in [3.63, 3.8) is 0 Å². The normalized spacial score (nSPS) is 17.5. The van der Waals surface area contributed by atoms with Gasteiger partial charge in [-0.25, -0.2) is 9.37 Å². The predicted molar refractivity (Wildman–Crippen MR) is 119 cm³/mol. The van der Waals surface area contributed by atoms with Crippen LogP contribution in [0.4, 0.5) is 16.2 Å². The van der Waals surface area contributed by atoms with Crippen LogP contribution in [0.25, 0.3) is 11.3 Å². The van der Waals surface area contributed by atoms with E-state index in [0.29, 0.717) is 17.6 Å². The highest BCUT2D eigenvalue weighted by molar-refractivity contribution is 5.66. The van der Waals surface area contributed by atoms with E-state index in [4.69, 9.17) is 9.97 Å². The number of halogens is 1. The molecule has 0 radical (unpaired) electrons. The first-order valence-corrected chi connectivity index (χ1v) is 10.8. The minimum Gasteiger partial charge on any atom is -0.352 e. The number of anilines is 2. The molecular formula is C23H34FN5. The monoisotopic (exact) mass is 399 g/mol. The molecule has 6 heteroatoms. The summed E-state index contributed by atoms with van der Waals surface area (Å²) in [6.45, 7) is 14.3. The Morgan fingerprint density at radius 1 is 1.24 bits per heavy atom. The van der Waals surface area contributed by atoms with Gasteiger partial charge in [0.05, 0.1) is 5.69 Å². The Hall–Kier alpha value is -2.21. The fourth-order valence-electron chi connectivity index (χ4n) is 3.83. The largest absolute Gasteiger partial charge is 0.352 e. The van der Waals surface area contributed by atoms with Crippen LogP contribution < -0.4 is 15.1 Å². The van der Waals surface area contributed by atoms with Gasteiger partial charge in [-0.2, -0.15) is 4.98 Å². The topological polar surface area (TPSA) is 44.3 Å². The lowest BCUT2D eigenvalue weighted by molar-refractivity contribution is 0.618. The lowest BCUT2D eigenvalue weighted by Crippen LogP contribution is -2.37. The summed E-state index contributed by atoms with van der Waals surface area (Å²) in [6, 6.07) is 7.97. The van der Waals surface area contributed by atoms with Crippen LogP contribution in [0.15, 0.2) is 24.3 Å². The number of hydrogen-bond donors (Lipinski definition) is 1. The maximum absolute atomic E-state index is 13.8. The molecule has 5 nitrogen and oxygen atoms in total. The summed E-state index contributed by atoms with van der Waals surface area (Å²) in [5.74, 6) is 1.51. The van der Waals surface area contributed by atoms with E-state index in [1.807, 2.05) is 12.1 Å². The Bertz CT molecular complexity index is 823. The first-order chi connectivity index (χ1) is 13.9. The molecule has 29 heavy (non-hydrogen) atoms. The molecule has 1 saturated heterocycles. The van der Waals surface area contributed by atoms with Gasteiger partial charge >= 0.3 is 0 Å². The second-order valence-corrected chi connectivity index (χ2v) is 8.24. The van der Waals surface area contributed by atoms with Gasteiger partial charge in [-0.15, -0.1) is 0 Å². The van der Waals surface area contributed by atoms with E-state index in [1.165, 1.54) is 6.07 Å². The smallest absolute Gasteiger partial charge is 0.228 e. The number of benzene rings is 1. The van der Waals surface area contributed by atoms with Gasteiger partial charge in [0.15, 0.2) is 0 Å². The number of aryl methyl sites for hydroxylation is 1. The van der Waals surface area contributed by atoms with Crippen LogP contribution >= 0.6 is 0 Å². The first-order valence-electron chi connectivity index (χ1n) is 10.8. The van der Waals surface area contributed by atoms with Crippen molar-refractivity contribution in [2.45, 2.75) is 59.5 Å². The van der Waals surface area contributed by atoms with Crippen LogP contribution in [-0.2, 0) is 0 Å². The van der Waals surface area contributed by atoms with Crippen LogP contribution in [0, 0.1) is 12.7 Å². The summed E-state index contributed by atoms with van der Waals surface area (Å²) >= 11 is 0. The highest BCUT2D eigenvalue weighted by atomic mass is 19.1. The van der Waals surface area contributed by atoms with E-state index in [-0.39, 0.29) is 5.82 Å². The average Bonchev–Trinajstić information content (AvgIpc) is 2.92. The molecule has 0 bridgehead atoms. The maximum atomic E-state index is 13.8. The molecule has 2 aromatic rings. The molecule has 3 rings (SSSR count). The van der Waals surface area contributed by atoms with Gasteiger partial charge in [0.1, 0.15) is 11.6 Å². The van der Waals surface area contributed by atoms with Crippen molar-refractivity contribution in [3.05, 3.63) is 35.6 Å². The van der Waals surface area contributed by atoms with Crippen molar-refractivity contribution in [2.24, 2.45) is 0 Å². The van der Waals surface area contributed by atoms with Crippen molar-refractivity contribution in [1.82, 2.24) is 15.3 Å². The second kappa shape index (κ2) is 9.53. The average molecular weight is 400 g/mol. The lowest BCUT2D eigenvalue weighted by atomic mass is 10.1. The van der Waals surface area contributed by atoms with Gasteiger partial charge < -0.3 is 15.1 Å². The third-order valence-electron chi connectivity index (χ3n) is 5.59. The Morgan fingerprint density at radius 3 is 2.72 bits per heavy atom. The number of aromatic nitrogens is 2. The summed E-state index contributed by atoms with van der Waals surface area (Å²) in [5, 5.41) is 3.48. The summed E-state index contributed by atoms with van der Waals surface area (Å²) in [5.41, 5.74) is 2.40. The molecule has 0 amide bonds. The molecule has 1 aromatic carbocycles. The van der Waals surface area contributed by atoms with Gasteiger partial charge in [0.2, 0.25) is 5.95 Å². The zero-order chi connectivity index (χ0) is 21.0. The van der Waals surface area contributed by atoms with Crippen molar-refractivity contribution >= 4 is 11.8 Å². The third kappa shape index (κ3) is 5.04.